The van der Waals surface area contributed by atoms with E-state index in [-0.39, 0.29) is 12.5 Å². The highest BCUT2D eigenvalue weighted by Crippen LogP contribution is 2.28. The lowest BCUT2D eigenvalue weighted by Crippen LogP contribution is -2.35. The zero-order chi connectivity index (χ0) is 18.5. The largest absolute Gasteiger partial charge is 0.467 e. The summed E-state index contributed by atoms with van der Waals surface area (Å²) in [5.41, 5.74) is 1.52. The number of aryl methyl sites for hydroxylation is 1. The van der Waals surface area contributed by atoms with Gasteiger partial charge in [-0.3, -0.25) is 4.79 Å². The molecule has 1 unspecified atom stereocenters. The van der Waals surface area contributed by atoms with E-state index in [9.17, 15) is 9.59 Å². The van der Waals surface area contributed by atoms with E-state index in [0.29, 0.717) is 16.3 Å². The van der Waals surface area contributed by atoms with E-state index >= 15 is 0 Å². The lowest BCUT2D eigenvalue weighted by molar-refractivity contribution is -0.129. The van der Waals surface area contributed by atoms with Crippen molar-refractivity contribution in [2.75, 3.05) is 0 Å². The summed E-state index contributed by atoms with van der Waals surface area (Å²) in [6.07, 6.45) is 0.612. The second kappa shape index (κ2) is 7.97. The average molecular weight is 370 g/mol. The summed E-state index contributed by atoms with van der Waals surface area (Å²) in [6.45, 7) is 3.52. The quantitative estimate of drug-likeness (QED) is 0.671. The van der Waals surface area contributed by atoms with Gasteiger partial charge in [0.15, 0.2) is 6.10 Å². The number of rotatable bonds is 6. The smallest absolute Gasteiger partial charge is 0.351 e. The summed E-state index contributed by atoms with van der Waals surface area (Å²) < 4.78 is 10.4. The number of nitrogens with zero attached hydrogens (tertiary/aromatic N) is 1. The molecule has 3 aromatic rings. The van der Waals surface area contributed by atoms with Crippen LogP contribution < -0.4 is 5.32 Å². The minimum atomic E-state index is -0.917. The number of nitrogens with one attached hydrogen (secondary N) is 1. The normalized spacial score (nSPS) is 11.8. The Kier molecular flexibility index (Phi) is 5.48. The molecule has 0 saturated carbocycles. The van der Waals surface area contributed by atoms with Gasteiger partial charge in [-0.2, -0.15) is 0 Å². The molecule has 0 aliphatic rings. The molecule has 1 aromatic carbocycles. The van der Waals surface area contributed by atoms with Crippen molar-refractivity contribution in [1.29, 1.82) is 0 Å². The van der Waals surface area contributed by atoms with Gasteiger partial charge in [-0.05, 0) is 26.0 Å². The molecule has 0 radical (unpaired) electrons. The third kappa shape index (κ3) is 4.18. The zero-order valence-electron chi connectivity index (χ0n) is 14.4. The number of carbonyl (C=O) groups excluding carboxylic acids is 2. The Balaban J connectivity index is 1.62. The van der Waals surface area contributed by atoms with E-state index in [1.165, 1.54) is 24.5 Å². The van der Waals surface area contributed by atoms with Crippen LogP contribution in [0, 0.1) is 6.92 Å². The van der Waals surface area contributed by atoms with Gasteiger partial charge in [0, 0.05) is 5.56 Å². The maximum Gasteiger partial charge on any atom is 0.351 e. The fourth-order valence-electron chi connectivity index (χ4n) is 2.29. The molecule has 0 aliphatic heterocycles. The van der Waals surface area contributed by atoms with Crippen molar-refractivity contribution < 1.29 is 18.7 Å². The summed E-state index contributed by atoms with van der Waals surface area (Å²) in [5.74, 6) is -0.314. The van der Waals surface area contributed by atoms with Crippen molar-refractivity contribution in [3.05, 3.63) is 65.1 Å². The van der Waals surface area contributed by atoms with Gasteiger partial charge in [0.25, 0.3) is 5.91 Å². The fraction of sp³-hybridized carbons (Fsp3) is 0.211. The standard InChI is InChI=1S/C19H18N2O4S/c1-12-16(26-18(21-12)14-7-4-3-5-8-14)19(23)25-13(2)17(22)20-11-15-9-6-10-24-15/h3-10,13H,11H2,1-2H3,(H,20,22). The van der Waals surface area contributed by atoms with Crippen molar-refractivity contribution >= 4 is 23.2 Å². The van der Waals surface area contributed by atoms with Gasteiger partial charge in [-0.15, -0.1) is 11.3 Å². The molecule has 0 saturated heterocycles. The lowest BCUT2D eigenvalue weighted by atomic mass is 10.2. The molecule has 3 rings (SSSR count). The van der Waals surface area contributed by atoms with Crippen LogP contribution in [0.5, 0.6) is 0 Å². The molecule has 0 aliphatic carbocycles. The summed E-state index contributed by atoms with van der Waals surface area (Å²) >= 11 is 1.25. The summed E-state index contributed by atoms with van der Waals surface area (Å²) in [7, 11) is 0. The third-order valence-electron chi connectivity index (χ3n) is 3.67. The highest BCUT2D eigenvalue weighted by Gasteiger charge is 2.23. The van der Waals surface area contributed by atoms with Crippen molar-refractivity contribution in [1.82, 2.24) is 10.3 Å². The Labute approximate surface area is 154 Å². The predicted octanol–water partition coefficient (Wildman–Crippen LogP) is 3.57. The average Bonchev–Trinajstić information content (AvgIpc) is 3.29. The number of carbonyl (C=O) groups is 2. The van der Waals surface area contributed by atoms with E-state index in [1.807, 2.05) is 30.3 Å². The number of hydrogen-bond donors (Lipinski definition) is 1. The van der Waals surface area contributed by atoms with E-state index in [0.717, 1.165) is 10.6 Å². The molecule has 26 heavy (non-hydrogen) atoms. The molecular formula is C19H18N2O4S. The van der Waals surface area contributed by atoms with Gasteiger partial charge in [0.2, 0.25) is 0 Å². The third-order valence-corrected chi connectivity index (χ3v) is 4.86. The molecule has 2 heterocycles. The molecule has 0 spiro atoms. The van der Waals surface area contributed by atoms with E-state index < -0.39 is 12.1 Å². The van der Waals surface area contributed by atoms with Gasteiger partial charge < -0.3 is 14.5 Å². The first-order valence-corrected chi connectivity index (χ1v) is 8.90. The van der Waals surface area contributed by atoms with Crippen molar-refractivity contribution in [2.45, 2.75) is 26.5 Å². The Bertz CT molecular complexity index is 888. The monoisotopic (exact) mass is 370 g/mol. The molecule has 1 N–H and O–H groups in total. The fourth-order valence-corrected chi connectivity index (χ4v) is 3.24. The van der Waals surface area contributed by atoms with E-state index in [1.54, 1.807) is 19.1 Å². The topological polar surface area (TPSA) is 81.4 Å². The summed E-state index contributed by atoms with van der Waals surface area (Å²) in [5, 5.41) is 3.41. The highest BCUT2D eigenvalue weighted by molar-refractivity contribution is 7.17. The van der Waals surface area contributed by atoms with E-state index in [4.69, 9.17) is 9.15 Å². The van der Waals surface area contributed by atoms with Crippen LogP contribution in [-0.2, 0) is 16.1 Å². The van der Waals surface area contributed by atoms with Gasteiger partial charge in [0.1, 0.15) is 15.6 Å². The molecule has 0 bridgehead atoms. The SMILES string of the molecule is Cc1nc(-c2ccccc2)sc1C(=O)OC(C)C(=O)NCc1ccco1. The Morgan fingerprint density at radius 2 is 2.00 bits per heavy atom. The second-order valence-corrected chi connectivity index (χ2v) is 6.64. The first-order chi connectivity index (χ1) is 12.5. The molecule has 6 nitrogen and oxygen atoms in total. The highest BCUT2D eigenvalue weighted by atomic mass is 32.1. The first-order valence-electron chi connectivity index (χ1n) is 8.08. The van der Waals surface area contributed by atoms with Crippen LogP contribution in [0.25, 0.3) is 10.6 Å². The zero-order valence-corrected chi connectivity index (χ0v) is 15.2. The first kappa shape index (κ1) is 17.9. The van der Waals surface area contributed by atoms with Crippen LogP contribution in [0.15, 0.2) is 53.1 Å². The van der Waals surface area contributed by atoms with Crippen molar-refractivity contribution in [3.8, 4) is 10.6 Å². The van der Waals surface area contributed by atoms with Crippen molar-refractivity contribution in [3.63, 3.8) is 0 Å². The Hall–Kier alpha value is -2.93. The lowest BCUT2D eigenvalue weighted by Gasteiger charge is -2.12. The maximum absolute atomic E-state index is 12.4. The Morgan fingerprint density at radius 3 is 2.69 bits per heavy atom. The van der Waals surface area contributed by atoms with Crippen LogP contribution in [0.4, 0.5) is 0 Å². The van der Waals surface area contributed by atoms with Crippen LogP contribution in [0.2, 0.25) is 0 Å². The molecule has 1 amide bonds. The molecule has 0 fully saturated rings. The molecule has 2 aromatic heterocycles. The number of amides is 1. The van der Waals surface area contributed by atoms with Crippen molar-refractivity contribution in [2.24, 2.45) is 0 Å². The van der Waals surface area contributed by atoms with Crippen LogP contribution in [-0.4, -0.2) is 23.0 Å². The number of furan rings is 1. The van der Waals surface area contributed by atoms with Gasteiger partial charge in [-0.1, -0.05) is 30.3 Å². The molecule has 7 heteroatoms. The summed E-state index contributed by atoms with van der Waals surface area (Å²) in [4.78, 5) is 29.3. The molecule has 134 valence electrons. The van der Waals surface area contributed by atoms with Gasteiger partial charge in [0.05, 0.1) is 18.5 Å². The predicted molar refractivity (Wildman–Crippen MR) is 97.7 cm³/mol. The molecule has 1 atom stereocenters. The van der Waals surface area contributed by atoms with E-state index in [2.05, 4.69) is 10.3 Å². The minimum absolute atomic E-state index is 0.242. The van der Waals surface area contributed by atoms with Gasteiger partial charge in [-0.25, -0.2) is 9.78 Å². The second-order valence-electron chi connectivity index (χ2n) is 5.64. The summed E-state index contributed by atoms with van der Waals surface area (Å²) in [6, 6.07) is 13.1. The minimum Gasteiger partial charge on any atom is -0.467 e. The number of ether oxygens (including phenoxy) is 1. The molecular weight excluding hydrogens is 352 g/mol. The van der Waals surface area contributed by atoms with Crippen LogP contribution in [0.3, 0.4) is 0 Å². The Morgan fingerprint density at radius 1 is 1.23 bits per heavy atom. The number of thiazole rings is 1. The number of esters is 1. The number of benzene rings is 1. The number of hydrogen-bond acceptors (Lipinski definition) is 6. The van der Waals surface area contributed by atoms with Crippen LogP contribution in [0.1, 0.15) is 28.0 Å². The van der Waals surface area contributed by atoms with Gasteiger partial charge >= 0.3 is 5.97 Å². The maximum atomic E-state index is 12.4. The van der Waals surface area contributed by atoms with Crippen LogP contribution >= 0.6 is 11.3 Å². The number of aromatic nitrogens is 1.